The van der Waals surface area contributed by atoms with Gasteiger partial charge in [-0.1, -0.05) is 56.5 Å². The Balaban J connectivity index is 2.53. The Morgan fingerprint density at radius 3 is 2.69 bits per heavy atom. The minimum absolute atomic E-state index is 0.826. The van der Waals surface area contributed by atoms with Crippen molar-refractivity contribution < 1.29 is 0 Å². The Bertz CT molecular complexity index is 250. The fraction of sp³-hybridized carbons (Fsp3) is 0.538. The maximum atomic E-state index is 2.34. The molecule has 0 aromatic heterocycles. The molecule has 1 aromatic carbocycles. The summed E-state index contributed by atoms with van der Waals surface area (Å²) in [6, 6.07) is 8.85. The van der Waals surface area contributed by atoms with Crippen molar-refractivity contribution in [3.05, 3.63) is 35.4 Å². The second-order valence-corrected chi connectivity index (χ2v) is 4.09. The van der Waals surface area contributed by atoms with Gasteiger partial charge in [-0.15, -0.1) is 0 Å². The summed E-state index contributed by atoms with van der Waals surface area (Å²) in [7, 11) is 0. The van der Waals surface area contributed by atoms with Crippen LogP contribution in [0, 0.1) is 12.8 Å². The van der Waals surface area contributed by atoms with Crippen LogP contribution in [0.4, 0.5) is 0 Å². The van der Waals surface area contributed by atoms with Crippen molar-refractivity contribution in [1.82, 2.24) is 0 Å². The van der Waals surface area contributed by atoms with Crippen LogP contribution < -0.4 is 0 Å². The number of aryl methyl sites for hydroxylation is 1. The van der Waals surface area contributed by atoms with Crippen molar-refractivity contribution in [2.75, 3.05) is 0 Å². The molecule has 0 heteroatoms. The Labute approximate surface area is 82.0 Å². The third-order valence-corrected chi connectivity index (χ3v) is 2.45. The van der Waals surface area contributed by atoms with E-state index in [4.69, 9.17) is 0 Å². The SMILES string of the molecule is CCC[C@@H](C)Cc1cccc(C)c1. The molecule has 0 saturated carbocycles. The molecule has 1 rings (SSSR count). The molecule has 0 saturated heterocycles. The molecule has 0 N–H and O–H groups in total. The van der Waals surface area contributed by atoms with Crippen LogP contribution in [0.25, 0.3) is 0 Å². The average molecular weight is 176 g/mol. The summed E-state index contributed by atoms with van der Waals surface area (Å²) in [5, 5.41) is 0. The third kappa shape index (κ3) is 3.63. The van der Waals surface area contributed by atoms with Gasteiger partial charge in [0, 0.05) is 0 Å². The second kappa shape index (κ2) is 5.06. The lowest BCUT2D eigenvalue weighted by Crippen LogP contribution is -1.98. The van der Waals surface area contributed by atoms with Gasteiger partial charge in [0.15, 0.2) is 0 Å². The van der Waals surface area contributed by atoms with Crippen LogP contribution in [-0.2, 0) is 6.42 Å². The third-order valence-electron chi connectivity index (χ3n) is 2.45. The first-order chi connectivity index (χ1) is 6.22. The number of benzene rings is 1. The molecule has 0 amide bonds. The summed E-state index contributed by atoms with van der Waals surface area (Å²) >= 11 is 0. The zero-order valence-electron chi connectivity index (χ0n) is 9.01. The topological polar surface area (TPSA) is 0 Å². The van der Waals surface area contributed by atoms with Crippen molar-refractivity contribution in [3.8, 4) is 0 Å². The molecule has 0 spiro atoms. The molecule has 0 radical (unpaired) electrons. The van der Waals surface area contributed by atoms with Crippen molar-refractivity contribution in [3.63, 3.8) is 0 Å². The summed E-state index contributed by atoms with van der Waals surface area (Å²) in [4.78, 5) is 0. The van der Waals surface area contributed by atoms with Crippen molar-refractivity contribution in [2.24, 2.45) is 5.92 Å². The highest BCUT2D eigenvalue weighted by Gasteiger charge is 2.01. The van der Waals surface area contributed by atoms with Crippen LogP contribution in [0.3, 0.4) is 0 Å². The summed E-state index contributed by atoms with van der Waals surface area (Å²) in [5.41, 5.74) is 2.86. The van der Waals surface area contributed by atoms with Gasteiger partial charge in [0.25, 0.3) is 0 Å². The first kappa shape index (κ1) is 10.3. The summed E-state index contributed by atoms with van der Waals surface area (Å²) in [6.45, 7) is 6.76. The van der Waals surface area contributed by atoms with Crippen LogP contribution in [0.2, 0.25) is 0 Å². The van der Waals surface area contributed by atoms with E-state index in [1.807, 2.05) is 0 Å². The first-order valence-corrected chi connectivity index (χ1v) is 5.28. The monoisotopic (exact) mass is 176 g/mol. The molecule has 0 unspecified atom stereocenters. The van der Waals surface area contributed by atoms with E-state index in [2.05, 4.69) is 45.0 Å². The average Bonchev–Trinajstić information content (AvgIpc) is 2.04. The number of hydrogen-bond donors (Lipinski definition) is 0. The van der Waals surface area contributed by atoms with Crippen LogP contribution in [0.15, 0.2) is 24.3 Å². The lowest BCUT2D eigenvalue weighted by Gasteiger charge is -2.09. The van der Waals surface area contributed by atoms with E-state index >= 15 is 0 Å². The van der Waals surface area contributed by atoms with E-state index in [0.717, 1.165) is 5.92 Å². The number of rotatable bonds is 4. The van der Waals surface area contributed by atoms with Gasteiger partial charge in [-0.3, -0.25) is 0 Å². The predicted octanol–water partition coefficient (Wildman–Crippen LogP) is 3.97. The van der Waals surface area contributed by atoms with Gasteiger partial charge in [-0.05, 0) is 24.8 Å². The molecule has 0 nitrogen and oxygen atoms in total. The highest BCUT2D eigenvalue weighted by molar-refractivity contribution is 5.22. The molecule has 0 bridgehead atoms. The van der Waals surface area contributed by atoms with Gasteiger partial charge in [0.1, 0.15) is 0 Å². The minimum atomic E-state index is 0.826. The van der Waals surface area contributed by atoms with Gasteiger partial charge in [-0.25, -0.2) is 0 Å². The minimum Gasteiger partial charge on any atom is -0.0654 e. The lowest BCUT2D eigenvalue weighted by atomic mass is 9.96. The van der Waals surface area contributed by atoms with E-state index in [0.29, 0.717) is 0 Å². The molecule has 13 heavy (non-hydrogen) atoms. The fourth-order valence-corrected chi connectivity index (χ4v) is 1.84. The predicted molar refractivity (Wildman–Crippen MR) is 59.0 cm³/mol. The molecule has 0 heterocycles. The van der Waals surface area contributed by atoms with E-state index < -0.39 is 0 Å². The molecule has 0 fully saturated rings. The molecular formula is C13H20. The van der Waals surface area contributed by atoms with Crippen LogP contribution >= 0.6 is 0 Å². The molecule has 0 aliphatic heterocycles. The van der Waals surface area contributed by atoms with Gasteiger partial charge in [-0.2, -0.15) is 0 Å². The van der Waals surface area contributed by atoms with Crippen LogP contribution in [0.5, 0.6) is 0 Å². The zero-order valence-corrected chi connectivity index (χ0v) is 9.01. The Hall–Kier alpha value is -0.780. The van der Waals surface area contributed by atoms with E-state index in [9.17, 15) is 0 Å². The van der Waals surface area contributed by atoms with E-state index in [1.54, 1.807) is 0 Å². The van der Waals surface area contributed by atoms with Crippen molar-refractivity contribution in [1.29, 1.82) is 0 Å². The molecule has 0 aliphatic rings. The van der Waals surface area contributed by atoms with Crippen molar-refractivity contribution in [2.45, 2.75) is 40.0 Å². The highest BCUT2D eigenvalue weighted by Crippen LogP contribution is 2.14. The van der Waals surface area contributed by atoms with Gasteiger partial charge in [0.2, 0.25) is 0 Å². The maximum absolute atomic E-state index is 2.34. The smallest absolute Gasteiger partial charge is 0.0253 e. The standard InChI is InChI=1S/C13H20/c1-4-6-11(2)9-13-8-5-7-12(3)10-13/h5,7-8,10-11H,4,6,9H2,1-3H3/t11-/m1/s1. The summed E-state index contributed by atoms with van der Waals surface area (Å²) in [6.07, 6.45) is 3.87. The van der Waals surface area contributed by atoms with Crippen LogP contribution in [-0.4, -0.2) is 0 Å². The zero-order chi connectivity index (χ0) is 9.68. The number of hydrogen-bond acceptors (Lipinski definition) is 0. The van der Waals surface area contributed by atoms with Crippen LogP contribution in [0.1, 0.15) is 37.8 Å². The molecular weight excluding hydrogens is 156 g/mol. The second-order valence-electron chi connectivity index (χ2n) is 4.09. The van der Waals surface area contributed by atoms with Gasteiger partial charge >= 0.3 is 0 Å². The van der Waals surface area contributed by atoms with E-state index in [-0.39, 0.29) is 0 Å². The Morgan fingerprint density at radius 2 is 2.08 bits per heavy atom. The summed E-state index contributed by atoms with van der Waals surface area (Å²) < 4.78 is 0. The Kier molecular flexibility index (Phi) is 4.01. The molecule has 0 aliphatic carbocycles. The quantitative estimate of drug-likeness (QED) is 0.651. The fourth-order valence-electron chi connectivity index (χ4n) is 1.84. The first-order valence-electron chi connectivity index (χ1n) is 5.28. The normalized spacial score (nSPS) is 12.8. The maximum Gasteiger partial charge on any atom is -0.0253 e. The lowest BCUT2D eigenvalue weighted by molar-refractivity contribution is 0.522. The summed E-state index contributed by atoms with van der Waals surface area (Å²) in [5.74, 6) is 0.826. The van der Waals surface area contributed by atoms with Gasteiger partial charge in [0.05, 0.1) is 0 Å². The molecule has 1 aromatic rings. The van der Waals surface area contributed by atoms with Crippen molar-refractivity contribution >= 4 is 0 Å². The molecule has 72 valence electrons. The van der Waals surface area contributed by atoms with Gasteiger partial charge < -0.3 is 0 Å². The largest absolute Gasteiger partial charge is 0.0654 e. The van der Waals surface area contributed by atoms with E-state index in [1.165, 1.54) is 30.4 Å². The Morgan fingerprint density at radius 1 is 1.31 bits per heavy atom. The highest BCUT2D eigenvalue weighted by atomic mass is 14.1. The molecule has 1 atom stereocenters.